The molecular weight excluding hydrogens is 263 g/mol. The molecule has 0 saturated heterocycles. The van der Waals surface area contributed by atoms with Crippen molar-refractivity contribution in [3.05, 3.63) is 28.2 Å². The molecule has 0 N–H and O–H groups in total. The Kier molecular flexibility index (Phi) is 3.01. The fraction of sp³-hybridized carbons (Fsp3) is 0.125. The largest absolute Gasteiger partial charge is 0.420 e. The van der Waals surface area contributed by atoms with Crippen LogP contribution in [0.4, 0.5) is 13.2 Å². The Morgan fingerprint density at radius 3 is 2.50 bits per heavy atom. The van der Waals surface area contributed by atoms with Crippen LogP contribution in [0.1, 0.15) is 5.56 Å². The SMILES string of the molecule is N#COc1ccc(Br)cc1C(F)(F)F. The number of rotatable bonds is 1. The van der Waals surface area contributed by atoms with Crippen LogP contribution in [0.3, 0.4) is 0 Å². The monoisotopic (exact) mass is 265 g/mol. The van der Waals surface area contributed by atoms with Gasteiger partial charge in [-0.05, 0) is 18.2 Å². The summed E-state index contributed by atoms with van der Waals surface area (Å²) in [6.45, 7) is 0. The molecule has 0 aliphatic rings. The number of ether oxygens (including phenoxy) is 1. The van der Waals surface area contributed by atoms with Crippen LogP contribution in [0, 0.1) is 11.5 Å². The molecule has 0 atom stereocenters. The van der Waals surface area contributed by atoms with Crippen LogP contribution in [0.15, 0.2) is 22.7 Å². The van der Waals surface area contributed by atoms with E-state index in [0.29, 0.717) is 0 Å². The molecule has 0 aromatic heterocycles. The van der Waals surface area contributed by atoms with Crippen LogP contribution in [-0.2, 0) is 6.18 Å². The van der Waals surface area contributed by atoms with E-state index in [-0.39, 0.29) is 4.47 Å². The van der Waals surface area contributed by atoms with Crippen LogP contribution >= 0.6 is 15.9 Å². The Morgan fingerprint density at radius 2 is 2.00 bits per heavy atom. The molecule has 0 heterocycles. The predicted molar refractivity (Wildman–Crippen MR) is 45.4 cm³/mol. The first-order chi connectivity index (χ1) is 6.45. The Balaban J connectivity index is 3.24. The molecule has 0 aliphatic carbocycles. The molecule has 6 heteroatoms. The van der Waals surface area contributed by atoms with E-state index in [1.165, 1.54) is 12.3 Å². The third-order valence-electron chi connectivity index (χ3n) is 1.40. The van der Waals surface area contributed by atoms with Gasteiger partial charge in [-0.15, -0.1) is 5.26 Å². The van der Waals surface area contributed by atoms with Crippen molar-refractivity contribution in [2.75, 3.05) is 0 Å². The van der Waals surface area contributed by atoms with Crippen LogP contribution < -0.4 is 4.74 Å². The summed E-state index contributed by atoms with van der Waals surface area (Å²) in [4.78, 5) is 0. The van der Waals surface area contributed by atoms with E-state index in [9.17, 15) is 13.2 Å². The minimum atomic E-state index is -4.53. The van der Waals surface area contributed by atoms with Crippen LogP contribution in [0.5, 0.6) is 5.75 Å². The molecule has 0 bridgehead atoms. The first kappa shape index (κ1) is 10.9. The van der Waals surface area contributed by atoms with Crippen molar-refractivity contribution in [2.45, 2.75) is 6.18 Å². The van der Waals surface area contributed by atoms with Gasteiger partial charge >= 0.3 is 6.18 Å². The van der Waals surface area contributed by atoms with E-state index in [2.05, 4.69) is 20.7 Å². The van der Waals surface area contributed by atoms with Gasteiger partial charge in [-0.3, -0.25) is 0 Å². The molecule has 0 amide bonds. The summed E-state index contributed by atoms with van der Waals surface area (Å²) in [5.41, 5.74) is -0.978. The van der Waals surface area contributed by atoms with Crippen LogP contribution in [0.2, 0.25) is 0 Å². The molecule has 14 heavy (non-hydrogen) atoms. The molecule has 0 radical (unpaired) electrons. The molecular formula is C8H3BrF3NO. The first-order valence-corrected chi connectivity index (χ1v) is 4.17. The highest BCUT2D eigenvalue weighted by atomic mass is 79.9. The van der Waals surface area contributed by atoms with Gasteiger partial charge in [0.1, 0.15) is 5.56 Å². The molecule has 2 nitrogen and oxygen atoms in total. The smallest absolute Gasteiger partial charge is 0.387 e. The Morgan fingerprint density at radius 1 is 1.36 bits per heavy atom. The second-order valence-electron chi connectivity index (χ2n) is 2.33. The van der Waals surface area contributed by atoms with E-state index in [1.54, 1.807) is 0 Å². The number of hydrogen-bond donors (Lipinski definition) is 0. The van der Waals surface area contributed by atoms with Crippen molar-refractivity contribution in [3.63, 3.8) is 0 Å². The predicted octanol–water partition coefficient (Wildman–Crippen LogP) is 3.33. The van der Waals surface area contributed by atoms with Crippen molar-refractivity contribution in [1.29, 1.82) is 5.26 Å². The van der Waals surface area contributed by atoms with Gasteiger partial charge in [0.05, 0.1) is 0 Å². The van der Waals surface area contributed by atoms with Gasteiger partial charge in [-0.25, -0.2) is 0 Å². The van der Waals surface area contributed by atoms with Crippen LogP contribution in [-0.4, -0.2) is 0 Å². The quantitative estimate of drug-likeness (QED) is 0.730. The highest BCUT2D eigenvalue weighted by molar-refractivity contribution is 9.10. The van der Waals surface area contributed by atoms with Gasteiger partial charge in [0.25, 0.3) is 6.26 Å². The Hall–Kier alpha value is -1.22. The van der Waals surface area contributed by atoms with Crippen molar-refractivity contribution in [1.82, 2.24) is 0 Å². The molecule has 1 aromatic carbocycles. The van der Waals surface area contributed by atoms with E-state index in [4.69, 9.17) is 5.26 Å². The van der Waals surface area contributed by atoms with Crippen molar-refractivity contribution in [2.24, 2.45) is 0 Å². The Bertz CT molecular complexity index is 383. The lowest BCUT2D eigenvalue weighted by molar-refractivity contribution is -0.138. The zero-order valence-electron chi connectivity index (χ0n) is 6.60. The number of alkyl halides is 3. The summed E-state index contributed by atoms with van der Waals surface area (Å²) in [5.74, 6) is -0.497. The third kappa shape index (κ3) is 2.39. The first-order valence-electron chi connectivity index (χ1n) is 3.38. The van der Waals surface area contributed by atoms with E-state index in [1.807, 2.05) is 0 Å². The Labute approximate surface area is 86.0 Å². The standard InChI is InChI=1S/C8H3BrF3NO/c9-5-1-2-7(14-4-13)6(3-5)8(10,11)12/h1-3H. The van der Waals surface area contributed by atoms with Gasteiger partial charge < -0.3 is 4.74 Å². The van der Waals surface area contributed by atoms with E-state index < -0.39 is 17.5 Å². The summed E-state index contributed by atoms with van der Waals surface area (Å²) in [6.07, 6.45) is -3.33. The number of halogens is 4. The lowest BCUT2D eigenvalue weighted by atomic mass is 10.2. The van der Waals surface area contributed by atoms with E-state index in [0.717, 1.165) is 12.1 Å². The van der Waals surface area contributed by atoms with Crippen molar-refractivity contribution >= 4 is 15.9 Å². The summed E-state index contributed by atoms with van der Waals surface area (Å²) >= 11 is 2.90. The molecule has 0 aliphatic heterocycles. The van der Waals surface area contributed by atoms with E-state index >= 15 is 0 Å². The van der Waals surface area contributed by atoms with Gasteiger partial charge in [-0.1, -0.05) is 15.9 Å². The highest BCUT2D eigenvalue weighted by Crippen LogP contribution is 2.37. The number of benzene rings is 1. The lowest BCUT2D eigenvalue weighted by Gasteiger charge is -2.09. The van der Waals surface area contributed by atoms with Gasteiger partial charge in [-0.2, -0.15) is 13.2 Å². The minimum Gasteiger partial charge on any atom is -0.387 e. The summed E-state index contributed by atoms with van der Waals surface area (Å²) in [5, 5.41) is 8.13. The minimum absolute atomic E-state index is 0.273. The maximum atomic E-state index is 12.3. The molecule has 0 unspecified atom stereocenters. The second kappa shape index (κ2) is 3.88. The highest BCUT2D eigenvalue weighted by Gasteiger charge is 2.34. The zero-order chi connectivity index (χ0) is 10.8. The van der Waals surface area contributed by atoms with Gasteiger partial charge in [0.15, 0.2) is 5.75 Å². The lowest BCUT2D eigenvalue weighted by Crippen LogP contribution is -2.07. The molecule has 0 spiro atoms. The second-order valence-corrected chi connectivity index (χ2v) is 3.25. The average molecular weight is 266 g/mol. The van der Waals surface area contributed by atoms with Crippen molar-refractivity contribution < 1.29 is 17.9 Å². The number of nitrogens with zero attached hydrogens (tertiary/aromatic N) is 1. The normalized spacial score (nSPS) is 10.8. The molecule has 1 rings (SSSR count). The van der Waals surface area contributed by atoms with Gasteiger partial charge in [0.2, 0.25) is 0 Å². The molecule has 0 fully saturated rings. The average Bonchev–Trinajstić information content (AvgIpc) is 2.07. The third-order valence-corrected chi connectivity index (χ3v) is 1.90. The summed E-state index contributed by atoms with van der Waals surface area (Å²) < 4.78 is 41.5. The molecule has 74 valence electrons. The molecule has 0 saturated carbocycles. The topological polar surface area (TPSA) is 33.0 Å². The summed E-state index contributed by atoms with van der Waals surface area (Å²) in [6, 6.07) is 3.30. The number of hydrogen-bond acceptors (Lipinski definition) is 2. The van der Waals surface area contributed by atoms with Crippen molar-refractivity contribution in [3.8, 4) is 12.0 Å². The fourth-order valence-electron chi connectivity index (χ4n) is 0.862. The maximum Gasteiger partial charge on any atom is 0.420 e. The number of nitriles is 1. The zero-order valence-corrected chi connectivity index (χ0v) is 8.19. The van der Waals surface area contributed by atoms with Crippen LogP contribution in [0.25, 0.3) is 0 Å². The summed E-state index contributed by atoms with van der Waals surface area (Å²) in [7, 11) is 0. The molecule has 1 aromatic rings. The maximum absolute atomic E-state index is 12.3. The van der Waals surface area contributed by atoms with Gasteiger partial charge in [0, 0.05) is 4.47 Å². The fourth-order valence-corrected chi connectivity index (χ4v) is 1.22.